The number of aromatic hydroxyl groups is 1. The summed E-state index contributed by atoms with van der Waals surface area (Å²) in [6.07, 6.45) is 6.85. The summed E-state index contributed by atoms with van der Waals surface area (Å²) in [5.41, 5.74) is 0.751. The summed E-state index contributed by atoms with van der Waals surface area (Å²) < 4.78 is 7.44. The highest BCUT2D eigenvalue weighted by molar-refractivity contribution is 14.0. The Morgan fingerprint density at radius 2 is 2.25 bits per heavy atom. The number of rotatable bonds is 5. The Morgan fingerprint density at radius 1 is 1.43 bits per heavy atom. The molecule has 28 heavy (non-hydrogen) atoms. The van der Waals surface area contributed by atoms with E-state index in [4.69, 9.17) is 9.73 Å². The van der Waals surface area contributed by atoms with Crippen LogP contribution in [0.15, 0.2) is 41.9 Å². The maximum Gasteiger partial charge on any atom is 0.194 e. The zero-order valence-corrected chi connectivity index (χ0v) is 19.0. The van der Waals surface area contributed by atoms with Gasteiger partial charge in [0.15, 0.2) is 5.96 Å². The topological polar surface area (TPSA) is 74.9 Å². The second-order valence-corrected chi connectivity index (χ2v) is 6.95. The van der Waals surface area contributed by atoms with E-state index in [9.17, 15) is 5.11 Å². The van der Waals surface area contributed by atoms with Crippen molar-refractivity contribution in [2.75, 3.05) is 26.7 Å². The molecule has 0 saturated carbocycles. The molecule has 154 valence electrons. The molecule has 1 saturated heterocycles. The summed E-state index contributed by atoms with van der Waals surface area (Å²) in [6.45, 7) is 7.40. The molecule has 1 aromatic carbocycles. The second kappa shape index (κ2) is 10.5. The fourth-order valence-electron chi connectivity index (χ4n) is 3.50. The number of piperidine rings is 1. The number of ether oxygens (including phenoxy) is 1. The Labute approximate surface area is 183 Å². The van der Waals surface area contributed by atoms with Crippen LogP contribution >= 0.6 is 24.0 Å². The van der Waals surface area contributed by atoms with E-state index < -0.39 is 0 Å². The van der Waals surface area contributed by atoms with Crippen LogP contribution in [0.4, 0.5) is 0 Å². The number of hydrogen-bond donors (Lipinski definition) is 2. The molecule has 0 aliphatic carbocycles. The molecule has 0 spiro atoms. The summed E-state index contributed by atoms with van der Waals surface area (Å²) >= 11 is 0. The third kappa shape index (κ3) is 5.30. The van der Waals surface area contributed by atoms with Crippen LogP contribution in [0, 0.1) is 5.92 Å². The molecule has 2 heterocycles. The smallest absolute Gasteiger partial charge is 0.194 e. The van der Waals surface area contributed by atoms with Crippen molar-refractivity contribution in [3.63, 3.8) is 0 Å². The zero-order chi connectivity index (χ0) is 19.2. The molecule has 1 aliphatic rings. The Morgan fingerprint density at radius 3 is 2.93 bits per heavy atom. The average Bonchev–Trinajstić information content (AvgIpc) is 3.21. The summed E-state index contributed by atoms with van der Waals surface area (Å²) in [5.74, 6) is 2.41. The van der Waals surface area contributed by atoms with Gasteiger partial charge in [-0.15, -0.1) is 24.0 Å². The summed E-state index contributed by atoms with van der Waals surface area (Å²) in [5, 5.41) is 13.5. The number of phenols is 1. The number of halogens is 1. The molecule has 2 unspecified atom stereocenters. The van der Waals surface area contributed by atoms with Gasteiger partial charge in [0.05, 0.1) is 26.0 Å². The predicted octanol–water partition coefficient (Wildman–Crippen LogP) is 3.26. The van der Waals surface area contributed by atoms with Crippen molar-refractivity contribution in [2.45, 2.75) is 32.9 Å². The lowest BCUT2D eigenvalue weighted by Crippen LogP contribution is -2.49. The van der Waals surface area contributed by atoms with Gasteiger partial charge in [-0.2, -0.15) is 0 Å². The lowest BCUT2D eigenvalue weighted by molar-refractivity contribution is 0.189. The quantitative estimate of drug-likeness (QED) is 0.376. The Balaban J connectivity index is 0.00000280. The largest absolute Gasteiger partial charge is 0.508 e. The number of aliphatic imine (C=N–C) groups is 1. The van der Waals surface area contributed by atoms with Crippen molar-refractivity contribution in [2.24, 2.45) is 10.9 Å². The van der Waals surface area contributed by atoms with Gasteiger partial charge in [-0.05, 0) is 37.5 Å². The molecule has 8 heteroatoms. The molecule has 0 radical (unpaired) electrons. The third-order valence-corrected chi connectivity index (χ3v) is 5.15. The van der Waals surface area contributed by atoms with E-state index in [1.54, 1.807) is 19.2 Å². The number of methoxy groups -OCH3 is 1. The molecule has 1 aliphatic heterocycles. The van der Waals surface area contributed by atoms with Gasteiger partial charge in [0.2, 0.25) is 0 Å². The van der Waals surface area contributed by atoms with Crippen LogP contribution in [0.2, 0.25) is 0 Å². The highest BCUT2D eigenvalue weighted by Crippen LogP contribution is 2.28. The highest BCUT2D eigenvalue weighted by Gasteiger charge is 2.28. The third-order valence-electron chi connectivity index (χ3n) is 5.15. The van der Waals surface area contributed by atoms with Crippen molar-refractivity contribution in [1.82, 2.24) is 19.8 Å². The second-order valence-electron chi connectivity index (χ2n) is 6.95. The minimum absolute atomic E-state index is 0. The van der Waals surface area contributed by atoms with E-state index in [1.165, 1.54) is 0 Å². The number of likely N-dealkylation sites (tertiary alicyclic amines) is 1. The molecular weight excluding hydrogens is 469 g/mol. The van der Waals surface area contributed by atoms with Gasteiger partial charge in [-0.3, -0.25) is 0 Å². The number of nitrogens with zero attached hydrogens (tertiary/aromatic N) is 4. The molecular formula is C20H30IN5O2. The molecule has 2 atom stereocenters. The molecule has 1 fully saturated rings. The SMILES string of the molecule is CCNC(=NCc1cc(OC)ccc1O)N1CCC(C)C(n2ccnc2)C1.I. The first-order valence-corrected chi connectivity index (χ1v) is 9.49. The Bertz CT molecular complexity index is 766. The van der Waals surface area contributed by atoms with Gasteiger partial charge >= 0.3 is 0 Å². The van der Waals surface area contributed by atoms with Crippen molar-refractivity contribution >= 4 is 29.9 Å². The van der Waals surface area contributed by atoms with Crippen LogP contribution in [-0.2, 0) is 6.54 Å². The lowest BCUT2D eigenvalue weighted by atomic mass is 9.93. The van der Waals surface area contributed by atoms with Gasteiger partial charge in [-0.25, -0.2) is 9.98 Å². The zero-order valence-electron chi connectivity index (χ0n) is 16.7. The normalized spacial score (nSPS) is 19.8. The number of phenolic OH excluding ortho intramolecular Hbond substituents is 1. The van der Waals surface area contributed by atoms with Crippen LogP contribution in [0.25, 0.3) is 0 Å². The number of imidazole rings is 1. The van der Waals surface area contributed by atoms with E-state index in [0.717, 1.165) is 43.3 Å². The maximum atomic E-state index is 10.1. The molecule has 0 amide bonds. The van der Waals surface area contributed by atoms with E-state index >= 15 is 0 Å². The number of nitrogens with one attached hydrogen (secondary N) is 1. The summed E-state index contributed by atoms with van der Waals surface area (Å²) in [4.78, 5) is 11.3. The fourth-order valence-corrected chi connectivity index (χ4v) is 3.50. The van der Waals surface area contributed by atoms with Gasteiger partial charge in [0, 0.05) is 37.6 Å². The van der Waals surface area contributed by atoms with E-state index in [-0.39, 0.29) is 29.7 Å². The van der Waals surface area contributed by atoms with E-state index in [0.29, 0.717) is 18.5 Å². The first kappa shape index (κ1) is 22.3. The number of benzene rings is 1. The minimum atomic E-state index is 0. The average molecular weight is 499 g/mol. The summed E-state index contributed by atoms with van der Waals surface area (Å²) in [7, 11) is 1.62. The van der Waals surface area contributed by atoms with Crippen molar-refractivity contribution in [3.8, 4) is 11.5 Å². The van der Waals surface area contributed by atoms with Crippen LogP contribution in [0.3, 0.4) is 0 Å². The number of aromatic nitrogens is 2. The van der Waals surface area contributed by atoms with Crippen LogP contribution in [-0.4, -0.2) is 52.3 Å². The minimum Gasteiger partial charge on any atom is -0.508 e. The monoisotopic (exact) mass is 499 g/mol. The van der Waals surface area contributed by atoms with Gasteiger partial charge in [0.25, 0.3) is 0 Å². The first-order valence-electron chi connectivity index (χ1n) is 9.49. The molecule has 1 aromatic heterocycles. The Hall–Kier alpha value is -1.97. The molecule has 0 bridgehead atoms. The molecule has 2 N–H and O–H groups in total. The van der Waals surface area contributed by atoms with Crippen LogP contribution < -0.4 is 10.1 Å². The van der Waals surface area contributed by atoms with Crippen LogP contribution in [0.5, 0.6) is 11.5 Å². The molecule has 2 aromatic rings. The Kier molecular flexibility index (Phi) is 8.40. The van der Waals surface area contributed by atoms with Crippen molar-refractivity contribution in [3.05, 3.63) is 42.5 Å². The maximum absolute atomic E-state index is 10.1. The van der Waals surface area contributed by atoms with Crippen molar-refractivity contribution in [1.29, 1.82) is 0 Å². The molecule has 7 nitrogen and oxygen atoms in total. The van der Waals surface area contributed by atoms with Gasteiger partial charge < -0.3 is 24.6 Å². The first-order chi connectivity index (χ1) is 13.1. The molecule has 3 rings (SSSR count). The van der Waals surface area contributed by atoms with E-state index in [1.807, 2.05) is 24.8 Å². The highest BCUT2D eigenvalue weighted by atomic mass is 127. The standard InChI is InChI=1S/C20H29N5O2.HI/c1-4-22-20(23-12-16-11-17(27-3)5-6-19(16)26)24-9-7-15(2)18(13-24)25-10-8-21-14-25;/h5-6,8,10-11,14-15,18,26H,4,7,9,12-13H2,1-3H3,(H,22,23);1H. The lowest BCUT2D eigenvalue weighted by Gasteiger charge is -2.39. The predicted molar refractivity (Wildman–Crippen MR) is 122 cm³/mol. The summed E-state index contributed by atoms with van der Waals surface area (Å²) in [6, 6.07) is 5.59. The van der Waals surface area contributed by atoms with Gasteiger partial charge in [0.1, 0.15) is 11.5 Å². The van der Waals surface area contributed by atoms with E-state index in [2.05, 4.69) is 33.6 Å². The van der Waals surface area contributed by atoms with Gasteiger partial charge in [-0.1, -0.05) is 6.92 Å². The number of guanidine groups is 1. The van der Waals surface area contributed by atoms with Crippen LogP contribution in [0.1, 0.15) is 31.9 Å². The van der Waals surface area contributed by atoms with Crippen molar-refractivity contribution < 1.29 is 9.84 Å². The fraction of sp³-hybridized carbons (Fsp3) is 0.500. The number of hydrogen-bond acceptors (Lipinski definition) is 4.